The lowest BCUT2D eigenvalue weighted by molar-refractivity contribution is -0.136. The van der Waals surface area contributed by atoms with Crippen LogP contribution in [-0.2, 0) is 9.53 Å². The SMILES string of the molecule is NC(C(=O)N1CCC(n2cc(Br)cn2)CC1)C1CCOCC1. The summed E-state index contributed by atoms with van der Waals surface area (Å²) < 4.78 is 8.33. The average molecular weight is 371 g/mol. The molecule has 3 heterocycles. The molecule has 2 aliphatic heterocycles. The lowest BCUT2D eigenvalue weighted by atomic mass is 9.91. The Balaban J connectivity index is 1.53. The zero-order valence-electron chi connectivity index (χ0n) is 12.7. The highest BCUT2D eigenvalue weighted by Crippen LogP contribution is 2.25. The summed E-state index contributed by atoms with van der Waals surface area (Å²) in [4.78, 5) is 14.5. The number of nitrogens with two attached hydrogens (primary N) is 1. The van der Waals surface area contributed by atoms with Crippen molar-refractivity contribution in [3.8, 4) is 0 Å². The van der Waals surface area contributed by atoms with E-state index >= 15 is 0 Å². The number of aromatic nitrogens is 2. The molecule has 1 aromatic heterocycles. The molecule has 2 aliphatic rings. The molecule has 1 aromatic rings. The summed E-state index contributed by atoms with van der Waals surface area (Å²) in [6.45, 7) is 2.97. The Hall–Kier alpha value is -0.920. The first kappa shape index (κ1) is 16.0. The number of carbonyl (C=O) groups is 1. The van der Waals surface area contributed by atoms with Crippen LogP contribution in [0.25, 0.3) is 0 Å². The van der Waals surface area contributed by atoms with Gasteiger partial charge in [-0.2, -0.15) is 5.10 Å². The van der Waals surface area contributed by atoms with Gasteiger partial charge in [-0.05, 0) is 47.5 Å². The van der Waals surface area contributed by atoms with Crippen LogP contribution in [0, 0.1) is 5.92 Å². The highest BCUT2D eigenvalue weighted by atomic mass is 79.9. The van der Waals surface area contributed by atoms with Crippen LogP contribution in [0.2, 0.25) is 0 Å². The molecule has 0 saturated carbocycles. The molecular formula is C15H23BrN4O2. The Bertz CT molecular complexity index is 507. The van der Waals surface area contributed by atoms with Crippen LogP contribution >= 0.6 is 15.9 Å². The molecule has 0 aromatic carbocycles. The molecule has 7 heteroatoms. The number of ether oxygens (including phenoxy) is 1. The Kier molecular flexibility index (Phi) is 5.15. The number of piperidine rings is 1. The summed E-state index contributed by atoms with van der Waals surface area (Å²) in [6.07, 6.45) is 7.45. The monoisotopic (exact) mass is 370 g/mol. The smallest absolute Gasteiger partial charge is 0.239 e. The molecule has 1 amide bonds. The molecule has 22 heavy (non-hydrogen) atoms. The highest BCUT2D eigenvalue weighted by molar-refractivity contribution is 9.10. The fourth-order valence-corrected chi connectivity index (χ4v) is 3.65. The second kappa shape index (κ2) is 7.10. The molecule has 3 rings (SSSR count). The zero-order valence-corrected chi connectivity index (χ0v) is 14.2. The van der Waals surface area contributed by atoms with E-state index in [0.29, 0.717) is 6.04 Å². The van der Waals surface area contributed by atoms with E-state index < -0.39 is 0 Å². The first-order valence-corrected chi connectivity index (χ1v) is 8.76. The maximum Gasteiger partial charge on any atom is 0.239 e. The normalized spacial score (nSPS) is 22.7. The van der Waals surface area contributed by atoms with E-state index in [9.17, 15) is 4.79 Å². The summed E-state index contributed by atoms with van der Waals surface area (Å²) in [6, 6.07) is -0.00560. The number of hydrogen-bond donors (Lipinski definition) is 1. The molecule has 0 spiro atoms. The third-order valence-electron chi connectivity index (χ3n) is 4.78. The van der Waals surface area contributed by atoms with Gasteiger partial charge in [-0.25, -0.2) is 0 Å². The molecule has 2 fully saturated rings. The van der Waals surface area contributed by atoms with E-state index in [1.807, 2.05) is 15.8 Å². The Labute approximate surface area is 139 Å². The van der Waals surface area contributed by atoms with Crippen molar-refractivity contribution >= 4 is 21.8 Å². The number of likely N-dealkylation sites (tertiary alicyclic amines) is 1. The van der Waals surface area contributed by atoms with E-state index in [2.05, 4.69) is 21.0 Å². The molecule has 1 unspecified atom stereocenters. The quantitative estimate of drug-likeness (QED) is 0.875. The Morgan fingerprint density at radius 1 is 1.32 bits per heavy atom. The van der Waals surface area contributed by atoms with Gasteiger partial charge in [0.15, 0.2) is 0 Å². The van der Waals surface area contributed by atoms with Crippen molar-refractivity contribution in [3.63, 3.8) is 0 Å². The summed E-state index contributed by atoms with van der Waals surface area (Å²) in [5.41, 5.74) is 6.20. The average Bonchev–Trinajstić information content (AvgIpc) is 3.01. The lowest BCUT2D eigenvalue weighted by Gasteiger charge is -2.36. The van der Waals surface area contributed by atoms with Gasteiger partial charge < -0.3 is 15.4 Å². The first-order valence-electron chi connectivity index (χ1n) is 7.97. The topological polar surface area (TPSA) is 73.4 Å². The number of hydrogen-bond acceptors (Lipinski definition) is 4. The van der Waals surface area contributed by atoms with Crippen molar-refractivity contribution in [1.82, 2.24) is 14.7 Å². The minimum Gasteiger partial charge on any atom is -0.381 e. The van der Waals surface area contributed by atoms with Crippen LogP contribution in [0.5, 0.6) is 0 Å². The minimum atomic E-state index is -0.376. The standard InChI is InChI=1S/C15H23BrN4O2/c16-12-9-18-20(10-12)13-1-5-19(6-2-13)15(21)14(17)11-3-7-22-8-4-11/h9-11,13-14H,1-8,17H2. The molecule has 2 saturated heterocycles. The molecular weight excluding hydrogens is 348 g/mol. The van der Waals surface area contributed by atoms with E-state index in [4.69, 9.17) is 10.5 Å². The number of rotatable bonds is 3. The molecule has 2 N–H and O–H groups in total. The molecule has 1 atom stereocenters. The molecule has 0 radical (unpaired) electrons. The van der Waals surface area contributed by atoms with Gasteiger partial charge in [-0.3, -0.25) is 9.48 Å². The third-order valence-corrected chi connectivity index (χ3v) is 5.19. The fourth-order valence-electron chi connectivity index (χ4n) is 3.35. The zero-order chi connectivity index (χ0) is 15.5. The summed E-state index contributed by atoms with van der Waals surface area (Å²) >= 11 is 3.42. The van der Waals surface area contributed by atoms with Crippen LogP contribution in [0.15, 0.2) is 16.9 Å². The summed E-state index contributed by atoms with van der Waals surface area (Å²) in [5.74, 6) is 0.369. The van der Waals surface area contributed by atoms with Crippen LogP contribution < -0.4 is 5.73 Å². The minimum absolute atomic E-state index is 0.104. The number of amides is 1. The Morgan fingerprint density at radius 2 is 2.00 bits per heavy atom. The van der Waals surface area contributed by atoms with E-state index in [0.717, 1.165) is 56.5 Å². The second-order valence-corrected chi connectivity index (χ2v) is 7.09. The van der Waals surface area contributed by atoms with Gasteiger partial charge in [0.05, 0.1) is 22.8 Å². The van der Waals surface area contributed by atoms with Crippen LogP contribution in [0.1, 0.15) is 31.7 Å². The van der Waals surface area contributed by atoms with Gasteiger partial charge in [0.25, 0.3) is 0 Å². The van der Waals surface area contributed by atoms with Gasteiger partial charge in [0.1, 0.15) is 0 Å². The van der Waals surface area contributed by atoms with Gasteiger partial charge >= 0.3 is 0 Å². The predicted molar refractivity (Wildman–Crippen MR) is 86.3 cm³/mol. The molecule has 0 bridgehead atoms. The fraction of sp³-hybridized carbons (Fsp3) is 0.733. The molecule has 6 nitrogen and oxygen atoms in total. The van der Waals surface area contributed by atoms with Gasteiger partial charge in [0.2, 0.25) is 5.91 Å². The first-order chi connectivity index (χ1) is 10.6. The third kappa shape index (κ3) is 3.52. The van der Waals surface area contributed by atoms with Crippen molar-refractivity contribution < 1.29 is 9.53 Å². The maximum absolute atomic E-state index is 12.6. The van der Waals surface area contributed by atoms with E-state index in [1.165, 1.54) is 0 Å². The second-order valence-electron chi connectivity index (χ2n) is 6.17. The van der Waals surface area contributed by atoms with Crippen LogP contribution in [0.4, 0.5) is 0 Å². The van der Waals surface area contributed by atoms with Crippen molar-refractivity contribution in [2.45, 2.75) is 37.8 Å². The summed E-state index contributed by atoms with van der Waals surface area (Å²) in [5, 5.41) is 4.35. The largest absolute Gasteiger partial charge is 0.381 e. The van der Waals surface area contributed by atoms with Crippen molar-refractivity contribution in [3.05, 3.63) is 16.9 Å². The van der Waals surface area contributed by atoms with E-state index in [-0.39, 0.29) is 17.9 Å². The van der Waals surface area contributed by atoms with Crippen molar-refractivity contribution in [2.24, 2.45) is 11.7 Å². The van der Waals surface area contributed by atoms with Crippen LogP contribution in [0.3, 0.4) is 0 Å². The molecule has 0 aliphatic carbocycles. The van der Waals surface area contributed by atoms with Gasteiger partial charge in [0, 0.05) is 32.5 Å². The van der Waals surface area contributed by atoms with Gasteiger partial charge in [-0.15, -0.1) is 0 Å². The molecule has 122 valence electrons. The number of carbonyl (C=O) groups excluding carboxylic acids is 1. The lowest BCUT2D eigenvalue weighted by Crippen LogP contribution is -2.51. The highest BCUT2D eigenvalue weighted by Gasteiger charge is 2.32. The van der Waals surface area contributed by atoms with E-state index in [1.54, 1.807) is 6.20 Å². The predicted octanol–water partition coefficient (Wildman–Crippen LogP) is 1.56. The van der Waals surface area contributed by atoms with Crippen molar-refractivity contribution in [2.75, 3.05) is 26.3 Å². The summed E-state index contributed by atoms with van der Waals surface area (Å²) in [7, 11) is 0. The maximum atomic E-state index is 12.6. The van der Waals surface area contributed by atoms with Crippen molar-refractivity contribution in [1.29, 1.82) is 0 Å². The number of halogens is 1. The number of nitrogens with zero attached hydrogens (tertiary/aromatic N) is 3. The van der Waals surface area contributed by atoms with Crippen LogP contribution in [-0.4, -0.2) is 52.9 Å². The van der Waals surface area contributed by atoms with Gasteiger partial charge in [-0.1, -0.05) is 0 Å². The Morgan fingerprint density at radius 3 is 2.59 bits per heavy atom.